The van der Waals surface area contributed by atoms with Crippen molar-refractivity contribution >= 4 is 5.91 Å². The Bertz CT molecular complexity index is 442. The van der Waals surface area contributed by atoms with Crippen LogP contribution in [0.3, 0.4) is 0 Å². The highest BCUT2D eigenvalue weighted by Gasteiger charge is 2.43. The molecule has 1 aliphatic heterocycles. The molecule has 0 unspecified atom stereocenters. The molecule has 1 atom stereocenters. The minimum atomic E-state index is -4.25. The second-order valence-corrected chi connectivity index (χ2v) is 4.45. The van der Waals surface area contributed by atoms with Crippen LogP contribution in [0, 0.1) is 12.8 Å². The van der Waals surface area contributed by atoms with Crippen LogP contribution in [-0.4, -0.2) is 35.2 Å². The number of rotatable bonds is 1. The van der Waals surface area contributed by atoms with Crippen LogP contribution in [0.15, 0.2) is 10.6 Å². The van der Waals surface area contributed by atoms with Crippen molar-refractivity contribution in [3.63, 3.8) is 0 Å². The van der Waals surface area contributed by atoms with Crippen molar-refractivity contribution in [2.24, 2.45) is 5.92 Å². The van der Waals surface area contributed by atoms with Crippen LogP contribution < -0.4 is 0 Å². The summed E-state index contributed by atoms with van der Waals surface area (Å²) in [6, 6.07) is 1.43. The van der Waals surface area contributed by atoms with E-state index >= 15 is 0 Å². The summed E-state index contributed by atoms with van der Waals surface area (Å²) in [5.41, 5.74) is 0.0651. The number of piperidine rings is 1. The van der Waals surface area contributed by atoms with Gasteiger partial charge < -0.3 is 9.42 Å². The van der Waals surface area contributed by atoms with Gasteiger partial charge in [-0.05, 0) is 19.8 Å². The predicted molar refractivity (Wildman–Crippen MR) is 55.9 cm³/mol. The molecule has 2 rings (SSSR count). The molecule has 100 valence electrons. The molecule has 2 heterocycles. The summed E-state index contributed by atoms with van der Waals surface area (Å²) in [4.78, 5) is 13.1. The minimum absolute atomic E-state index is 0.0651. The first-order chi connectivity index (χ1) is 8.38. The van der Waals surface area contributed by atoms with E-state index in [-0.39, 0.29) is 18.7 Å². The Morgan fingerprint density at radius 3 is 2.83 bits per heavy atom. The van der Waals surface area contributed by atoms with E-state index in [1.165, 1.54) is 11.0 Å². The fourth-order valence-corrected chi connectivity index (χ4v) is 2.06. The Hall–Kier alpha value is -1.53. The zero-order valence-corrected chi connectivity index (χ0v) is 9.83. The maximum atomic E-state index is 12.6. The molecule has 1 aromatic rings. The smallest absolute Gasteiger partial charge is 0.361 e. The normalized spacial score (nSPS) is 21.1. The average Bonchev–Trinajstić information content (AvgIpc) is 2.74. The standard InChI is InChI=1S/C11H13F3N2O2/c1-7-5-9(15-18-7)10(17)16-4-2-3-8(6-16)11(12,13)14/h5,8H,2-4,6H2,1H3/t8-/m1/s1. The van der Waals surface area contributed by atoms with Gasteiger partial charge in [0.2, 0.25) is 0 Å². The zero-order chi connectivity index (χ0) is 13.3. The zero-order valence-electron chi connectivity index (χ0n) is 9.83. The van der Waals surface area contributed by atoms with Crippen molar-refractivity contribution in [1.82, 2.24) is 10.1 Å². The van der Waals surface area contributed by atoms with Crippen LogP contribution in [0.1, 0.15) is 29.1 Å². The highest BCUT2D eigenvalue weighted by atomic mass is 19.4. The fraction of sp³-hybridized carbons (Fsp3) is 0.636. The number of carbonyl (C=O) groups is 1. The molecule has 0 N–H and O–H groups in total. The van der Waals surface area contributed by atoms with Crippen LogP contribution in [-0.2, 0) is 0 Å². The number of aryl methyl sites for hydroxylation is 1. The third-order valence-electron chi connectivity index (χ3n) is 3.02. The molecule has 0 saturated carbocycles. The lowest BCUT2D eigenvalue weighted by molar-refractivity contribution is -0.184. The van der Waals surface area contributed by atoms with Gasteiger partial charge in [-0.1, -0.05) is 5.16 Å². The van der Waals surface area contributed by atoms with E-state index in [9.17, 15) is 18.0 Å². The Kier molecular flexibility index (Phi) is 3.32. The lowest BCUT2D eigenvalue weighted by atomic mass is 9.97. The van der Waals surface area contributed by atoms with Gasteiger partial charge in [0.1, 0.15) is 5.76 Å². The van der Waals surface area contributed by atoms with E-state index in [4.69, 9.17) is 4.52 Å². The number of likely N-dealkylation sites (tertiary alicyclic amines) is 1. The molecule has 1 aliphatic rings. The number of halogens is 3. The first kappa shape index (κ1) is 12.9. The number of hydrogen-bond donors (Lipinski definition) is 0. The molecule has 0 aromatic carbocycles. The number of amides is 1. The van der Waals surface area contributed by atoms with Gasteiger partial charge >= 0.3 is 6.18 Å². The summed E-state index contributed by atoms with van der Waals surface area (Å²) in [5, 5.41) is 3.53. The molecule has 1 saturated heterocycles. The van der Waals surface area contributed by atoms with E-state index in [2.05, 4.69) is 5.16 Å². The second kappa shape index (κ2) is 4.62. The molecule has 1 amide bonds. The van der Waals surface area contributed by atoms with Crippen LogP contribution in [0.25, 0.3) is 0 Å². The molecule has 0 radical (unpaired) electrons. The summed E-state index contributed by atoms with van der Waals surface area (Å²) < 4.78 is 42.6. The molecule has 18 heavy (non-hydrogen) atoms. The Morgan fingerprint density at radius 2 is 2.28 bits per heavy atom. The second-order valence-electron chi connectivity index (χ2n) is 4.45. The van der Waals surface area contributed by atoms with Crippen molar-refractivity contribution in [2.75, 3.05) is 13.1 Å². The SMILES string of the molecule is Cc1cc(C(=O)N2CCC[C@@H](C(F)(F)F)C2)no1. The monoisotopic (exact) mass is 262 g/mol. The summed E-state index contributed by atoms with van der Waals surface area (Å²) >= 11 is 0. The summed E-state index contributed by atoms with van der Waals surface area (Å²) in [5.74, 6) is -1.48. The third kappa shape index (κ3) is 2.65. The number of carbonyl (C=O) groups excluding carboxylic acids is 1. The lowest BCUT2D eigenvalue weighted by Gasteiger charge is -2.33. The summed E-state index contributed by atoms with van der Waals surface area (Å²) in [6.07, 6.45) is -3.82. The van der Waals surface area contributed by atoms with E-state index in [0.717, 1.165) is 0 Å². The Morgan fingerprint density at radius 1 is 1.56 bits per heavy atom. The van der Waals surface area contributed by atoms with Crippen molar-refractivity contribution in [2.45, 2.75) is 25.9 Å². The highest BCUT2D eigenvalue weighted by Crippen LogP contribution is 2.33. The molecular formula is C11H13F3N2O2. The van der Waals surface area contributed by atoms with Crippen LogP contribution in [0.2, 0.25) is 0 Å². The first-order valence-corrected chi connectivity index (χ1v) is 5.67. The molecular weight excluding hydrogens is 249 g/mol. The van der Waals surface area contributed by atoms with Crippen molar-refractivity contribution < 1.29 is 22.5 Å². The van der Waals surface area contributed by atoms with Gasteiger partial charge in [0.15, 0.2) is 5.69 Å². The molecule has 0 bridgehead atoms. The average molecular weight is 262 g/mol. The van der Waals surface area contributed by atoms with E-state index in [1.54, 1.807) is 6.92 Å². The third-order valence-corrected chi connectivity index (χ3v) is 3.02. The van der Waals surface area contributed by atoms with Crippen molar-refractivity contribution in [1.29, 1.82) is 0 Å². The lowest BCUT2D eigenvalue weighted by Crippen LogP contribution is -2.44. The van der Waals surface area contributed by atoms with Gasteiger partial charge in [0.05, 0.1) is 5.92 Å². The van der Waals surface area contributed by atoms with E-state index in [0.29, 0.717) is 18.7 Å². The predicted octanol–water partition coefficient (Wildman–Crippen LogP) is 2.40. The maximum Gasteiger partial charge on any atom is 0.393 e. The fourth-order valence-electron chi connectivity index (χ4n) is 2.06. The quantitative estimate of drug-likeness (QED) is 0.780. The minimum Gasteiger partial charge on any atom is -0.361 e. The molecule has 0 spiro atoms. The molecule has 0 aliphatic carbocycles. The van der Waals surface area contributed by atoms with Gasteiger partial charge in [0, 0.05) is 19.2 Å². The number of aromatic nitrogens is 1. The molecule has 1 aromatic heterocycles. The Labute approximate surface area is 102 Å². The van der Waals surface area contributed by atoms with Gasteiger partial charge in [0.25, 0.3) is 5.91 Å². The molecule has 1 fully saturated rings. The van der Waals surface area contributed by atoms with Crippen LogP contribution in [0.4, 0.5) is 13.2 Å². The summed E-state index contributed by atoms with van der Waals surface area (Å²) in [6.45, 7) is 1.66. The topological polar surface area (TPSA) is 46.3 Å². The van der Waals surface area contributed by atoms with Crippen molar-refractivity contribution in [3.8, 4) is 0 Å². The van der Waals surface area contributed by atoms with Crippen LogP contribution >= 0.6 is 0 Å². The molecule has 7 heteroatoms. The maximum absolute atomic E-state index is 12.6. The Balaban J connectivity index is 2.07. The number of nitrogens with zero attached hydrogens (tertiary/aromatic N) is 2. The van der Waals surface area contributed by atoms with E-state index < -0.39 is 18.0 Å². The van der Waals surface area contributed by atoms with E-state index in [1.807, 2.05) is 0 Å². The van der Waals surface area contributed by atoms with Crippen LogP contribution in [0.5, 0.6) is 0 Å². The number of alkyl halides is 3. The van der Waals surface area contributed by atoms with Gasteiger partial charge in [-0.3, -0.25) is 4.79 Å². The van der Waals surface area contributed by atoms with Gasteiger partial charge in [-0.15, -0.1) is 0 Å². The first-order valence-electron chi connectivity index (χ1n) is 5.67. The summed E-state index contributed by atoms with van der Waals surface area (Å²) in [7, 11) is 0. The largest absolute Gasteiger partial charge is 0.393 e. The highest BCUT2D eigenvalue weighted by molar-refractivity contribution is 5.92. The van der Waals surface area contributed by atoms with Gasteiger partial charge in [-0.2, -0.15) is 13.2 Å². The van der Waals surface area contributed by atoms with Crippen molar-refractivity contribution in [3.05, 3.63) is 17.5 Å². The van der Waals surface area contributed by atoms with Gasteiger partial charge in [-0.25, -0.2) is 0 Å². The number of hydrogen-bond acceptors (Lipinski definition) is 3. The molecule has 4 nitrogen and oxygen atoms in total.